The minimum absolute atomic E-state index is 0.272. The van der Waals surface area contributed by atoms with Gasteiger partial charge in [0.2, 0.25) is 0 Å². The van der Waals surface area contributed by atoms with Crippen molar-refractivity contribution < 1.29 is 0 Å². The summed E-state index contributed by atoms with van der Waals surface area (Å²) in [5.41, 5.74) is 2.45. The van der Waals surface area contributed by atoms with Crippen LogP contribution in [0, 0.1) is 11.8 Å². The molecule has 0 nitrogen and oxygen atoms in total. The van der Waals surface area contributed by atoms with E-state index >= 15 is 0 Å². The van der Waals surface area contributed by atoms with Gasteiger partial charge in [-0.3, -0.25) is 0 Å². The summed E-state index contributed by atoms with van der Waals surface area (Å²) in [5, 5.41) is 0. The quantitative estimate of drug-likeness (QED) is 0.542. The van der Waals surface area contributed by atoms with Crippen molar-refractivity contribution in [3.05, 3.63) is 59.7 Å². The minimum atomic E-state index is -0.500. The van der Waals surface area contributed by atoms with Gasteiger partial charge in [0, 0.05) is 16.7 Å². The topological polar surface area (TPSA) is 0 Å². The largest absolute Gasteiger partial charge is 0.131 e. The number of rotatable bonds is 0. The summed E-state index contributed by atoms with van der Waals surface area (Å²) in [5.74, 6) is 0.667. The zero-order valence-corrected chi connectivity index (χ0v) is 12.9. The summed E-state index contributed by atoms with van der Waals surface area (Å²) in [6.07, 6.45) is 8.60. The molecule has 0 unspecified atom stereocenters. The first kappa shape index (κ1) is 12.0. The standard InChI is InChI=1S/C14H11Br2Cl/c15-13-9-5-1-3-7-11(9)14(16,17)12-8-4-2-6-10(12)13/h1-9,11,13H/t9-,11+,13+,14+/m1/s1. The van der Waals surface area contributed by atoms with Crippen LogP contribution in [0.15, 0.2) is 48.6 Å². The Balaban J connectivity index is 2.21. The van der Waals surface area contributed by atoms with Gasteiger partial charge in [0.25, 0.3) is 0 Å². The van der Waals surface area contributed by atoms with Crippen LogP contribution >= 0.6 is 43.5 Å². The molecule has 1 aromatic carbocycles. The average molecular weight is 375 g/mol. The maximum atomic E-state index is 6.75. The molecule has 3 heteroatoms. The molecule has 2 aliphatic rings. The first-order valence-corrected chi connectivity index (χ1v) is 7.67. The molecule has 0 amide bonds. The fraction of sp³-hybridized carbons (Fsp3) is 0.286. The summed E-state index contributed by atoms with van der Waals surface area (Å²) in [6, 6.07) is 8.36. The maximum Gasteiger partial charge on any atom is 0.131 e. The van der Waals surface area contributed by atoms with Gasteiger partial charge >= 0.3 is 0 Å². The highest BCUT2D eigenvalue weighted by Crippen LogP contribution is 2.58. The minimum Gasteiger partial charge on any atom is -0.101 e. The number of benzene rings is 1. The monoisotopic (exact) mass is 372 g/mol. The zero-order chi connectivity index (χ0) is 12.0. The summed E-state index contributed by atoms with van der Waals surface area (Å²) in [6.45, 7) is 0. The van der Waals surface area contributed by atoms with Crippen LogP contribution in [-0.2, 0) is 3.78 Å². The summed E-state index contributed by atoms with van der Waals surface area (Å²) in [7, 11) is 0. The molecule has 0 aliphatic heterocycles. The highest BCUT2D eigenvalue weighted by atomic mass is 79.9. The molecule has 17 heavy (non-hydrogen) atoms. The van der Waals surface area contributed by atoms with Gasteiger partial charge in [-0.05, 0) is 11.1 Å². The second kappa shape index (κ2) is 4.25. The van der Waals surface area contributed by atoms with Crippen LogP contribution in [0.25, 0.3) is 0 Å². The molecule has 0 bridgehead atoms. The molecular formula is C14H11Br2Cl. The molecule has 0 radical (unpaired) electrons. The molecule has 88 valence electrons. The lowest BCUT2D eigenvalue weighted by molar-refractivity contribution is 0.405. The van der Waals surface area contributed by atoms with Crippen LogP contribution < -0.4 is 0 Å². The molecule has 0 saturated carbocycles. The molecule has 3 rings (SSSR count). The number of hydrogen-bond acceptors (Lipinski definition) is 0. The van der Waals surface area contributed by atoms with Crippen molar-refractivity contribution in [3.63, 3.8) is 0 Å². The van der Waals surface area contributed by atoms with Gasteiger partial charge in [0.15, 0.2) is 0 Å². The maximum absolute atomic E-state index is 6.75. The van der Waals surface area contributed by atoms with Gasteiger partial charge in [-0.15, -0.1) is 11.6 Å². The van der Waals surface area contributed by atoms with Gasteiger partial charge < -0.3 is 0 Å². The highest BCUT2D eigenvalue weighted by molar-refractivity contribution is 9.10. The summed E-state index contributed by atoms with van der Waals surface area (Å²) < 4.78 is -0.500. The van der Waals surface area contributed by atoms with Crippen molar-refractivity contribution in [2.45, 2.75) is 8.61 Å². The van der Waals surface area contributed by atoms with E-state index in [0.717, 1.165) is 0 Å². The molecular weight excluding hydrogens is 363 g/mol. The van der Waals surface area contributed by atoms with Crippen molar-refractivity contribution in [2.75, 3.05) is 0 Å². The Morgan fingerprint density at radius 2 is 1.82 bits per heavy atom. The number of allylic oxidation sites excluding steroid dienone is 4. The molecule has 4 atom stereocenters. The highest BCUT2D eigenvalue weighted by Gasteiger charge is 2.47. The Hall–Kier alpha value is -0.0500. The number of halogens is 3. The second-order valence-electron chi connectivity index (χ2n) is 4.48. The Morgan fingerprint density at radius 3 is 2.65 bits per heavy atom. The van der Waals surface area contributed by atoms with E-state index < -0.39 is 3.78 Å². The number of hydrogen-bond donors (Lipinski definition) is 0. The molecule has 0 heterocycles. The van der Waals surface area contributed by atoms with Crippen LogP contribution in [0.3, 0.4) is 0 Å². The molecule has 0 N–H and O–H groups in total. The van der Waals surface area contributed by atoms with Crippen molar-refractivity contribution in [2.24, 2.45) is 11.8 Å². The van der Waals surface area contributed by atoms with E-state index in [0.29, 0.717) is 10.7 Å². The van der Waals surface area contributed by atoms with Crippen LogP contribution in [0.2, 0.25) is 0 Å². The van der Waals surface area contributed by atoms with Crippen LogP contribution in [0.4, 0.5) is 0 Å². The van der Waals surface area contributed by atoms with Crippen molar-refractivity contribution in [1.82, 2.24) is 0 Å². The Kier molecular flexibility index (Phi) is 3.00. The first-order chi connectivity index (χ1) is 8.12. The van der Waals surface area contributed by atoms with Crippen LogP contribution in [-0.4, -0.2) is 0 Å². The fourth-order valence-electron chi connectivity index (χ4n) is 2.69. The van der Waals surface area contributed by atoms with Crippen LogP contribution in [0.5, 0.6) is 0 Å². The van der Waals surface area contributed by atoms with E-state index in [1.807, 2.05) is 6.07 Å². The van der Waals surface area contributed by atoms with E-state index in [1.54, 1.807) is 0 Å². The summed E-state index contributed by atoms with van der Waals surface area (Å²) in [4.78, 5) is 0.328. The predicted molar refractivity (Wildman–Crippen MR) is 79.8 cm³/mol. The van der Waals surface area contributed by atoms with E-state index in [4.69, 9.17) is 11.6 Å². The lowest BCUT2D eigenvalue weighted by Crippen LogP contribution is -2.36. The van der Waals surface area contributed by atoms with Crippen molar-refractivity contribution >= 4 is 43.5 Å². The molecule has 1 aromatic rings. The number of fused-ring (bicyclic) bond motifs is 2. The number of alkyl halides is 3. The lowest BCUT2D eigenvalue weighted by atomic mass is 9.73. The molecule has 2 aliphatic carbocycles. The average Bonchev–Trinajstić information content (AvgIpc) is 2.37. The van der Waals surface area contributed by atoms with Crippen LogP contribution in [0.1, 0.15) is 16.0 Å². The first-order valence-electron chi connectivity index (χ1n) is 5.58. The third-order valence-corrected chi connectivity index (χ3v) is 6.07. The zero-order valence-electron chi connectivity index (χ0n) is 8.98. The van der Waals surface area contributed by atoms with Gasteiger partial charge in [0.1, 0.15) is 3.78 Å². The fourth-order valence-corrected chi connectivity index (χ4v) is 4.81. The third kappa shape index (κ3) is 1.76. The van der Waals surface area contributed by atoms with Gasteiger partial charge in [-0.25, -0.2) is 0 Å². The van der Waals surface area contributed by atoms with Gasteiger partial charge in [-0.2, -0.15) is 0 Å². The molecule has 0 fully saturated rings. The molecule has 0 saturated heterocycles. The van der Waals surface area contributed by atoms with E-state index in [1.165, 1.54) is 11.1 Å². The lowest BCUT2D eigenvalue weighted by Gasteiger charge is -2.43. The van der Waals surface area contributed by atoms with Gasteiger partial charge in [0.05, 0.1) is 0 Å². The molecule has 0 aromatic heterocycles. The SMILES string of the molecule is Cl[C@]1(Br)c2ccccc2[C@@H](Br)[C@@H]2C=CC=C[C@@H]21. The third-order valence-electron chi connectivity index (χ3n) is 3.55. The second-order valence-corrected chi connectivity index (χ2v) is 7.77. The smallest absolute Gasteiger partial charge is 0.101 e. The predicted octanol–water partition coefficient (Wildman–Crippen LogP) is 5.28. The van der Waals surface area contributed by atoms with Crippen molar-refractivity contribution in [3.8, 4) is 0 Å². The van der Waals surface area contributed by atoms with Gasteiger partial charge in [-0.1, -0.05) is 80.4 Å². The normalized spacial score (nSPS) is 38.6. The Labute approximate surface area is 123 Å². The van der Waals surface area contributed by atoms with E-state index in [2.05, 4.69) is 74.4 Å². The Morgan fingerprint density at radius 1 is 1.12 bits per heavy atom. The van der Waals surface area contributed by atoms with E-state index in [9.17, 15) is 0 Å². The molecule has 0 spiro atoms. The summed E-state index contributed by atoms with van der Waals surface area (Å²) >= 11 is 14.3. The van der Waals surface area contributed by atoms with Crippen molar-refractivity contribution in [1.29, 1.82) is 0 Å². The Bertz CT molecular complexity index is 505. The van der Waals surface area contributed by atoms with E-state index in [-0.39, 0.29) is 5.92 Å².